The SMILES string of the molecule is O=C(O)N1C2CC(OC(F)F)CC1C2. The Labute approximate surface area is 79.4 Å². The fourth-order valence-corrected chi connectivity index (χ4v) is 2.39. The first-order valence-electron chi connectivity index (χ1n) is 4.53. The van der Waals surface area contributed by atoms with Gasteiger partial charge in [0, 0.05) is 12.1 Å². The number of piperidine rings is 1. The molecule has 0 aromatic heterocycles. The summed E-state index contributed by atoms with van der Waals surface area (Å²) in [6.45, 7) is -2.75. The molecule has 3 aliphatic rings. The molecular weight excluding hydrogens is 196 g/mol. The molecule has 3 rings (SSSR count). The molecule has 6 heteroatoms. The third-order valence-electron chi connectivity index (χ3n) is 2.92. The molecule has 80 valence electrons. The van der Waals surface area contributed by atoms with Crippen molar-refractivity contribution in [2.75, 3.05) is 0 Å². The van der Waals surface area contributed by atoms with Gasteiger partial charge in [-0.15, -0.1) is 0 Å². The molecule has 1 saturated carbocycles. The minimum Gasteiger partial charge on any atom is -0.465 e. The number of alkyl halides is 2. The Morgan fingerprint density at radius 3 is 2.36 bits per heavy atom. The molecular formula is C8H11F2NO3. The lowest BCUT2D eigenvalue weighted by molar-refractivity contribution is -0.194. The highest BCUT2D eigenvalue weighted by atomic mass is 19.3. The third kappa shape index (κ3) is 1.54. The maximum atomic E-state index is 11.9. The van der Waals surface area contributed by atoms with Crippen molar-refractivity contribution < 1.29 is 23.4 Å². The van der Waals surface area contributed by atoms with Crippen molar-refractivity contribution >= 4 is 6.09 Å². The number of hydrogen-bond donors (Lipinski definition) is 1. The molecule has 0 aromatic carbocycles. The van der Waals surface area contributed by atoms with Crippen LogP contribution in [0.25, 0.3) is 0 Å². The summed E-state index contributed by atoms with van der Waals surface area (Å²) >= 11 is 0. The average molecular weight is 207 g/mol. The van der Waals surface area contributed by atoms with Crippen molar-refractivity contribution in [1.82, 2.24) is 4.90 Å². The van der Waals surface area contributed by atoms with Crippen LogP contribution in [0.3, 0.4) is 0 Å². The highest BCUT2D eigenvalue weighted by Gasteiger charge is 2.48. The fraction of sp³-hybridized carbons (Fsp3) is 0.875. The lowest BCUT2D eigenvalue weighted by Gasteiger charge is -2.53. The van der Waals surface area contributed by atoms with Gasteiger partial charge in [-0.2, -0.15) is 8.78 Å². The van der Waals surface area contributed by atoms with E-state index in [1.807, 2.05) is 0 Å². The first-order valence-corrected chi connectivity index (χ1v) is 4.53. The first-order chi connectivity index (χ1) is 6.58. The second-order valence-electron chi connectivity index (χ2n) is 3.72. The van der Waals surface area contributed by atoms with Crippen LogP contribution in [0.4, 0.5) is 13.6 Å². The van der Waals surface area contributed by atoms with Crippen molar-refractivity contribution in [2.45, 2.75) is 44.1 Å². The van der Waals surface area contributed by atoms with E-state index in [0.717, 1.165) is 6.42 Å². The standard InChI is InChI=1S/C8H11F2NO3/c9-7(10)14-6-2-4-1-5(3-6)11(4)8(12)13/h4-7H,1-3H2,(H,12,13). The van der Waals surface area contributed by atoms with Gasteiger partial charge >= 0.3 is 12.7 Å². The number of carboxylic acid groups (broad SMARTS) is 1. The zero-order valence-electron chi connectivity index (χ0n) is 7.40. The number of amides is 1. The zero-order valence-corrected chi connectivity index (χ0v) is 7.40. The van der Waals surface area contributed by atoms with Crippen LogP contribution >= 0.6 is 0 Å². The van der Waals surface area contributed by atoms with E-state index in [1.165, 1.54) is 4.90 Å². The topological polar surface area (TPSA) is 49.8 Å². The molecule has 1 amide bonds. The molecule has 3 fully saturated rings. The minimum atomic E-state index is -2.75. The molecule has 0 radical (unpaired) electrons. The number of nitrogens with zero attached hydrogens (tertiary/aromatic N) is 1. The maximum Gasteiger partial charge on any atom is 0.407 e. The molecule has 2 bridgehead atoms. The Kier molecular flexibility index (Phi) is 2.30. The summed E-state index contributed by atoms with van der Waals surface area (Å²) in [7, 11) is 0. The summed E-state index contributed by atoms with van der Waals surface area (Å²) in [5, 5.41) is 8.74. The van der Waals surface area contributed by atoms with Crippen molar-refractivity contribution in [3.63, 3.8) is 0 Å². The quantitative estimate of drug-likeness (QED) is 0.746. The molecule has 2 saturated heterocycles. The van der Waals surface area contributed by atoms with Gasteiger partial charge in [-0.3, -0.25) is 0 Å². The lowest BCUT2D eigenvalue weighted by atomic mass is 9.78. The van der Waals surface area contributed by atoms with Crippen LogP contribution in [0.1, 0.15) is 19.3 Å². The fourth-order valence-electron chi connectivity index (χ4n) is 2.39. The van der Waals surface area contributed by atoms with Gasteiger partial charge in [0.1, 0.15) is 0 Å². The van der Waals surface area contributed by atoms with E-state index < -0.39 is 18.8 Å². The predicted octanol–water partition coefficient (Wildman–Crippen LogP) is 1.51. The summed E-state index contributed by atoms with van der Waals surface area (Å²) < 4.78 is 28.1. The van der Waals surface area contributed by atoms with Crippen LogP contribution in [0.2, 0.25) is 0 Å². The number of ether oxygens (including phenoxy) is 1. The average Bonchev–Trinajstić information content (AvgIpc) is 2.00. The van der Waals surface area contributed by atoms with E-state index in [2.05, 4.69) is 4.74 Å². The summed E-state index contributed by atoms with van der Waals surface area (Å²) in [6, 6.07) is -0.231. The van der Waals surface area contributed by atoms with Crippen LogP contribution in [-0.4, -0.2) is 40.9 Å². The highest BCUT2D eigenvalue weighted by Crippen LogP contribution is 2.39. The van der Waals surface area contributed by atoms with Gasteiger partial charge in [-0.25, -0.2) is 4.79 Å². The van der Waals surface area contributed by atoms with Crippen LogP contribution in [-0.2, 0) is 4.74 Å². The predicted molar refractivity (Wildman–Crippen MR) is 42.2 cm³/mol. The molecule has 2 heterocycles. The normalized spacial score (nSPS) is 35.6. The monoisotopic (exact) mass is 207 g/mol. The Bertz CT molecular complexity index is 237. The Hall–Kier alpha value is -0.910. The number of halogens is 2. The smallest absolute Gasteiger partial charge is 0.407 e. The molecule has 1 N–H and O–H groups in total. The summed E-state index contributed by atoms with van der Waals surface area (Å²) in [5.41, 5.74) is 0. The van der Waals surface area contributed by atoms with E-state index in [9.17, 15) is 13.6 Å². The Morgan fingerprint density at radius 1 is 1.36 bits per heavy atom. The van der Waals surface area contributed by atoms with E-state index in [1.54, 1.807) is 0 Å². The van der Waals surface area contributed by atoms with Gasteiger partial charge in [0.2, 0.25) is 0 Å². The largest absolute Gasteiger partial charge is 0.465 e. The number of rotatable bonds is 2. The summed E-state index contributed by atoms with van der Waals surface area (Å²) in [4.78, 5) is 12.0. The van der Waals surface area contributed by atoms with E-state index in [4.69, 9.17) is 5.11 Å². The number of carbonyl (C=O) groups is 1. The Morgan fingerprint density at radius 2 is 1.93 bits per heavy atom. The summed E-state index contributed by atoms with van der Waals surface area (Å²) in [5.74, 6) is 0. The van der Waals surface area contributed by atoms with Crippen molar-refractivity contribution in [3.8, 4) is 0 Å². The first kappa shape index (κ1) is 9.64. The van der Waals surface area contributed by atoms with Gasteiger partial charge in [-0.1, -0.05) is 0 Å². The highest BCUT2D eigenvalue weighted by molar-refractivity contribution is 5.67. The maximum absolute atomic E-state index is 11.9. The second kappa shape index (κ2) is 3.34. The number of hydrogen-bond acceptors (Lipinski definition) is 2. The molecule has 0 spiro atoms. The molecule has 2 unspecified atom stereocenters. The van der Waals surface area contributed by atoms with Gasteiger partial charge in [0.25, 0.3) is 0 Å². The lowest BCUT2D eigenvalue weighted by Crippen LogP contribution is -2.64. The molecule has 4 nitrogen and oxygen atoms in total. The van der Waals surface area contributed by atoms with Gasteiger partial charge in [0.15, 0.2) is 0 Å². The van der Waals surface area contributed by atoms with E-state index in [-0.39, 0.29) is 12.1 Å². The molecule has 14 heavy (non-hydrogen) atoms. The van der Waals surface area contributed by atoms with Gasteiger partial charge in [0.05, 0.1) is 6.10 Å². The molecule has 1 aliphatic carbocycles. The number of fused-ring (bicyclic) bond motifs is 2. The van der Waals surface area contributed by atoms with Crippen molar-refractivity contribution in [3.05, 3.63) is 0 Å². The molecule has 2 aliphatic heterocycles. The van der Waals surface area contributed by atoms with Crippen LogP contribution in [0.15, 0.2) is 0 Å². The van der Waals surface area contributed by atoms with Crippen LogP contribution in [0.5, 0.6) is 0 Å². The second-order valence-corrected chi connectivity index (χ2v) is 3.72. The van der Waals surface area contributed by atoms with Crippen molar-refractivity contribution in [2.24, 2.45) is 0 Å². The van der Waals surface area contributed by atoms with Crippen LogP contribution < -0.4 is 0 Å². The van der Waals surface area contributed by atoms with E-state index >= 15 is 0 Å². The molecule has 0 aromatic rings. The van der Waals surface area contributed by atoms with Crippen molar-refractivity contribution in [1.29, 1.82) is 0 Å². The Balaban J connectivity index is 1.88. The van der Waals surface area contributed by atoms with Crippen LogP contribution in [0, 0.1) is 0 Å². The zero-order chi connectivity index (χ0) is 10.3. The molecule has 2 atom stereocenters. The van der Waals surface area contributed by atoms with Gasteiger partial charge in [-0.05, 0) is 19.3 Å². The van der Waals surface area contributed by atoms with E-state index in [0.29, 0.717) is 12.8 Å². The third-order valence-corrected chi connectivity index (χ3v) is 2.92. The van der Waals surface area contributed by atoms with Gasteiger partial charge < -0.3 is 14.7 Å². The minimum absolute atomic E-state index is 0.116. The summed E-state index contributed by atoms with van der Waals surface area (Å²) in [6.07, 6.45) is 0.145.